The fourth-order valence-electron chi connectivity index (χ4n) is 5.55. The van der Waals surface area contributed by atoms with Crippen LogP contribution in [0.4, 0.5) is 0 Å². The Morgan fingerprint density at radius 3 is 1.72 bits per heavy atom. The van der Waals surface area contributed by atoms with Crippen LogP contribution in [-0.2, 0) is 6.42 Å². The standard InChI is InChI=1S/C34H23Cl2N3/c35-26-19-29-28(30(36)20-26)18-25-12-7-13-27(31(25)29)21-14-16-24(17-15-21)34-38-32(22-8-3-1-4-9-22)37-33(39-34)23-10-5-2-6-11-23/h1-6,8-12,14-17,19-20H,7,13,18H2. The van der Waals surface area contributed by atoms with Gasteiger partial charge in [0.1, 0.15) is 0 Å². The second-order valence-corrected chi connectivity index (χ2v) is 10.7. The monoisotopic (exact) mass is 543 g/mol. The van der Waals surface area contributed by atoms with Gasteiger partial charge in [0.2, 0.25) is 0 Å². The minimum atomic E-state index is 0.654. The molecule has 5 aromatic rings. The molecule has 7 rings (SSSR count). The van der Waals surface area contributed by atoms with Crippen LogP contribution in [0.2, 0.25) is 10.0 Å². The van der Waals surface area contributed by atoms with Crippen LogP contribution in [0.5, 0.6) is 0 Å². The maximum Gasteiger partial charge on any atom is 0.164 e. The number of nitrogens with zero attached hydrogens (tertiary/aromatic N) is 3. The molecule has 0 radical (unpaired) electrons. The number of halogens is 2. The van der Waals surface area contributed by atoms with Gasteiger partial charge in [-0.1, -0.05) is 114 Å². The number of fused-ring (bicyclic) bond motifs is 3. The van der Waals surface area contributed by atoms with E-state index in [-0.39, 0.29) is 0 Å². The predicted octanol–water partition coefficient (Wildman–Crippen LogP) is 9.37. The van der Waals surface area contributed by atoms with Gasteiger partial charge in [-0.05, 0) is 64.8 Å². The Balaban J connectivity index is 1.32. The van der Waals surface area contributed by atoms with E-state index in [0.717, 1.165) is 46.5 Å². The first-order chi connectivity index (χ1) is 19.1. The normalized spacial score (nSPS) is 14.2. The lowest BCUT2D eigenvalue weighted by atomic mass is 9.86. The first-order valence-electron chi connectivity index (χ1n) is 13.0. The Hall–Kier alpha value is -4.05. The Kier molecular flexibility index (Phi) is 6.11. The second-order valence-electron chi connectivity index (χ2n) is 9.83. The summed E-state index contributed by atoms with van der Waals surface area (Å²) in [5.74, 6) is 1.97. The zero-order chi connectivity index (χ0) is 26.3. The minimum absolute atomic E-state index is 0.654. The summed E-state index contributed by atoms with van der Waals surface area (Å²) in [6.07, 6.45) is 5.20. The van der Waals surface area contributed by atoms with E-state index in [0.29, 0.717) is 22.5 Å². The lowest BCUT2D eigenvalue weighted by molar-refractivity contribution is 1.03. The molecular weight excluding hydrogens is 521 g/mol. The average Bonchev–Trinajstić information content (AvgIpc) is 3.37. The second kappa shape index (κ2) is 9.92. The van der Waals surface area contributed by atoms with E-state index in [4.69, 9.17) is 38.2 Å². The molecule has 188 valence electrons. The third-order valence-corrected chi connectivity index (χ3v) is 7.95. The molecule has 0 spiro atoms. The van der Waals surface area contributed by atoms with Crippen LogP contribution >= 0.6 is 23.2 Å². The molecule has 0 bridgehead atoms. The average molecular weight is 544 g/mol. The molecule has 0 unspecified atom stereocenters. The Morgan fingerprint density at radius 2 is 1.13 bits per heavy atom. The Labute approximate surface area is 237 Å². The molecule has 0 fully saturated rings. The van der Waals surface area contributed by atoms with Crippen molar-refractivity contribution in [2.24, 2.45) is 0 Å². The first-order valence-corrected chi connectivity index (χ1v) is 13.8. The summed E-state index contributed by atoms with van der Waals surface area (Å²) in [6, 6.07) is 32.6. The minimum Gasteiger partial charge on any atom is -0.208 e. The summed E-state index contributed by atoms with van der Waals surface area (Å²) in [5.41, 5.74) is 10.4. The van der Waals surface area contributed by atoms with E-state index in [1.807, 2.05) is 66.7 Å². The fraction of sp³-hybridized carbons (Fsp3) is 0.0882. The Morgan fingerprint density at radius 1 is 0.590 bits per heavy atom. The highest BCUT2D eigenvalue weighted by Crippen LogP contribution is 2.48. The van der Waals surface area contributed by atoms with E-state index < -0.39 is 0 Å². The third-order valence-electron chi connectivity index (χ3n) is 7.40. The Bertz CT molecular complexity index is 1720. The molecule has 1 heterocycles. The lowest BCUT2D eigenvalue weighted by Crippen LogP contribution is -2.00. The van der Waals surface area contributed by atoms with E-state index >= 15 is 0 Å². The van der Waals surface area contributed by atoms with Crippen LogP contribution in [0, 0.1) is 0 Å². The van der Waals surface area contributed by atoms with Gasteiger partial charge in [0.15, 0.2) is 17.5 Å². The van der Waals surface area contributed by atoms with Crippen LogP contribution in [0.3, 0.4) is 0 Å². The smallest absolute Gasteiger partial charge is 0.164 e. The van der Waals surface area contributed by atoms with Gasteiger partial charge in [-0.15, -0.1) is 0 Å². The van der Waals surface area contributed by atoms with Crippen molar-refractivity contribution in [2.45, 2.75) is 19.3 Å². The van der Waals surface area contributed by atoms with Gasteiger partial charge in [-0.25, -0.2) is 15.0 Å². The van der Waals surface area contributed by atoms with Crippen molar-refractivity contribution in [1.29, 1.82) is 0 Å². The third kappa shape index (κ3) is 4.48. The van der Waals surface area contributed by atoms with Gasteiger partial charge in [-0.2, -0.15) is 0 Å². The zero-order valence-corrected chi connectivity index (χ0v) is 22.5. The molecule has 0 N–H and O–H groups in total. The van der Waals surface area contributed by atoms with Crippen LogP contribution in [-0.4, -0.2) is 15.0 Å². The first kappa shape index (κ1) is 24.0. The molecule has 0 aliphatic heterocycles. The van der Waals surface area contributed by atoms with Crippen molar-refractivity contribution in [3.63, 3.8) is 0 Å². The van der Waals surface area contributed by atoms with Crippen molar-refractivity contribution in [2.75, 3.05) is 0 Å². The maximum absolute atomic E-state index is 6.58. The largest absolute Gasteiger partial charge is 0.208 e. The predicted molar refractivity (Wildman–Crippen MR) is 160 cm³/mol. The van der Waals surface area contributed by atoms with E-state index in [2.05, 4.69) is 36.4 Å². The summed E-state index contributed by atoms with van der Waals surface area (Å²) in [4.78, 5) is 14.5. The molecule has 39 heavy (non-hydrogen) atoms. The highest BCUT2D eigenvalue weighted by molar-refractivity contribution is 6.36. The van der Waals surface area contributed by atoms with E-state index in [1.54, 1.807) is 0 Å². The summed E-state index contributed by atoms with van der Waals surface area (Å²) in [5, 5.41) is 1.42. The molecule has 0 atom stereocenters. The van der Waals surface area contributed by atoms with Crippen molar-refractivity contribution < 1.29 is 0 Å². The van der Waals surface area contributed by atoms with Crippen LogP contribution in [0.15, 0.2) is 109 Å². The highest BCUT2D eigenvalue weighted by atomic mass is 35.5. The molecule has 3 nitrogen and oxygen atoms in total. The molecule has 0 saturated heterocycles. The fourth-order valence-corrected chi connectivity index (χ4v) is 6.11. The zero-order valence-electron chi connectivity index (χ0n) is 21.0. The van der Waals surface area contributed by atoms with E-state index in [9.17, 15) is 0 Å². The quantitative estimate of drug-likeness (QED) is 0.226. The highest BCUT2D eigenvalue weighted by Gasteiger charge is 2.29. The van der Waals surface area contributed by atoms with Crippen LogP contribution in [0.25, 0.3) is 45.3 Å². The number of hydrogen-bond donors (Lipinski definition) is 0. The lowest BCUT2D eigenvalue weighted by Gasteiger charge is -2.18. The van der Waals surface area contributed by atoms with Crippen molar-refractivity contribution in [3.05, 3.63) is 135 Å². The molecule has 2 aliphatic rings. The molecule has 2 aliphatic carbocycles. The molecule has 1 aromatic heterocycles. The number of hydrogen-bond acceptors (Lipinski definition) is 3. The molecule has 5 heteroatoms. The number of aromatic nitrogens is 3. The molecule has 0 saturated carbocycles. The van der Waals surface area contributed by atoms with Crippen molar-refractivity contribution in [3.8, 4) is 34.2 Å². The SMILES string of the molecule is Clc1cc(Cl)c2c(c1)C1=C(c3ccc(-c4nc(-c5ccccc5)nc(-c5ccccc5)n4)cc3)CCC=C1C2. The van der Waals surface area contributed by atoms with Gasteiger partial charge < -0.3 is 0 Å². The van der Waals surface area contributed by atoms with E-state index in [1.165, 1.54) is 27.8 Å². The summed E-state index contributed by atoms with van der Waals surface area (Å²) in [6.45, 7) is 0. The van der Waals surface area contributed by atoms with Gasteiger partial charge in [0.25, 0.3) is 0 Å². The summed E-state index contributed by atoms with van der Waals surface area (Å²) in [7, 11) is 0. The van der Waals surface area contributed by atoms with Crippen LogP contribution < -0.4 is 0 Å². The summed E-state index contributed by atoms with van der Waals surface area (Å²) < 4.78 is 0. The van der Waals surface area contributed by atoms with Crippen LogP contribution in [0.1, 0.15) is 29.5 Å². The van der Waals surface area contributed by atoms with Gasteiger partial charge in [0.05, 0.1) is 0 Å². The van der Waals surface area contributed by atoms with Crippen molar-refractivity contribution >= 4 is 34.3 Å². The number of benzene rings is 4. The van der Waals surface area contributed by atoms with Gasteiger partial charge in [0, 0.05) is 26.7 Å². The van der Waals surface area contributed by atoms with Gasteiger partial charge >= 0.3 is 0 Å². The number of allylic oxidation sites excluding steroid dienone is 4. The summed E-state index contributed by atoms with van der Waals surface area (Å²) >= 11 is 13.0. The molecule has 4 aromatic carbocycles. The maximum atomic E-state index is 6.58. The molecular formula is C34H23Cl2N3. The molecule has 0 amide bonds. The number of rotatable bonds is 4. The van der Waals surface area contributed by atoms with Crippen molar-refractivity contribution in [1.82, 2.24) is 15.0 Å². The van der Waals surface area contributed by atoms with Gasteiger partial charge in [-0.3, -0.25) is 0 Å². The topological polar surface area (TPSA) is 38.7 Å².